The van der Waals surface area contributed by atoms with Crippen LogP contribution in [0.15, 0.2) is 47.4 Å². The zero-order valence-corrected chi connectivity index (χ0v) is 19.5. The minimum absolute atomic E-state index is 0.172. The molecule has 0 radical (unpaired) electrons. The maximum atomic E-state index is 12.9. The van der Waals surface area contributed by atoms with Crippen molar-refractivity contribution in [1.82, 2.24) is 14.1 Å². The highest BCUT2D eigenvalue weighted by molar-refractivity contribution is 7.89. The van der Waals surface area contributed by atoms with Crippen molar-refractivity contribution in [3.63, 3.8) is 0 Å². The van der Waals surface area contributed by atoms with Crippen molar-refractivity contribution in [2.75, 3.05) is 18.9 Å². The van der Waals surface area contributed by atoms with Gasteiger partial charge in [-0.15, -0.1) is 0 Å². The fraction of sp³-hybridized carbons (Fsp3) is 0.304. The van der Waals surface area contributed by atoms with Crippen molar-refractivity contribution >= 4 is 21.6 Å². The number of carbonyl (C=O) groups is 1. The summed E-state index contributed by atoms with van der Waals surface area (Å²) >= 11 is 0. The van der Waals surface area contributed by atoms with E-state index in [0.29, 0.717) is 11.4 Å². The Balaban J connectivity index is 1.77. The third kappa shape index (κ3) is 4.70. The second-order valence-corrected chi connectivity index (χ2v) is 9.89. The summed E-state index contributed by atoms with van der Waals surface area (Å²) < 4.78 is 28.5. The number of nitrogens with one attached hydrogen (secondary N) is 1. The number of sulfonamides is 1. The molecule has 0 atom stereocenters. The number of hydrogen-bond acceptors (Lipinski definition) is 4. The molecule has 0 saturated carbocycles. The fourth-order valence-corrected chi connectivity index (χ4v) is 4.49. The van der Waals surface area contributed by atoms with Crippen molar-refractivity contribution in [3.05, 3.63) is 70.5 Å². The Bertz CT molecular complexity index is 1230. The zero-order chi connectivity index (χ0) is 22.9. The molecule has 0 bridgehead atoms. The molecule has 0 spiro atoms. The Labute approximate surface area is 183 Å². The van der Waals surface area contributed by atoms with Crippen LogP contribution >= 0.6 is 0 Å². The lowest BCUT2D eigenvalue weighted by molar-refractivity contribution is -0.116. The number of nitrogens with zero attached hydrogens (tertiary/aromatic N) is 3. The van der Waals surface area contributed by atoms with Gasteiger partial charge in [0.15, 0.2) is 0 Å². The summed E-state index contributed by atoms with van der Waals surface area (Å²) in [5, 5.41) is 7.35. The number of amides is 1. The van der Waals surface area contributed by atoms with Gasteiger partial charge in [-0.2, -0.15) is 9.40 Å². The van der Waals surface area contributed by atoms with Gasteiger partial charge >= 0.3 is 0 Å². The molecule has 0 fully saturated rings. The van der Waals surface area contributed by atoms with Gasteiger partial charge in [-0.1, -0.05) is 23.8 Å². The Morgan fingerprint density at radius 3 is 2.26 bits per heavy atom. The Morgan fingerprint density at radius 2 is 1.65 bits per heavy atom. The number of aromatic nitrogens is 2. The molecule has 1 N–H and O–H groups in total. The molecule has 3 aromatic rings. The fourth-order valence-electron chi connectivity index (χ4n) is 3.28. The minimum Gasteiger partial charge on any atom is -0.322 e. The van der Waals surface area contributed by atoms with Gasteiger partial charge in [-0.05, 0) is 70.0 Å². The summed E-state index contributed by atoms with van der Waals surface area (Å²) in [5.41, 5.74) is 5.94. The van der Waals surface area contributed by atoms with Gasteiger partial charge in [-0.25, -0.2) is 13.1 Å². The third-order valence-corrected chi connectivity index (χ3v) is 7.19. The van der Waals surface area contributed by atoms with E-state index in [1.807, 2.05) is 58.9 Å². The molecular weight excluding hydrogens is 412 g/mol. The summed E-state index contributed by atoms with van der Waals surface area (Å²) in [7, 11) is -2.37. The molecule has 0 saturated heterocycles. The quantitative estimate of drug-likeness (QED) is 0.634. The van der Waals surface area contributed by atoms with Gasteiger partial charge in [-0.3, -0.25) is 4.79 Å². The van der Waals surface area contributed by atoms with Crippen LogP contribution in [0.5, 0.6) is 0 Å². The summed E-state index contributed by atoms with van der Waals surface area (Å²) in [5.74, 6) is -0.426. The van der Waals surface area contributed by atoms with E-state index in [1.165, 1.54) is 7.05 Å². The summed E-state index contributed by atoms with van der Waals surface area (Å²) in [6.07, 6.45) is 0. The van der Waals surface area contributed by atoms with Crippen LogP contribution in [0.1, 0.15) is 28.1 Å². The maximum Gasteiger partial charge on any atom is 0.243 e. The first-order valence-electron chi connectivity index (χ1n) is 9.97. The van der Waals surface area contributed by atoms with Gasteiger partial charge < -0.3 is 5.32 Å². The van der Waals surface area contributed by atoms with Gasteiger partial charge in [0.1, 0.15) is 0 Å². The van der Waals surface area contributed by atoms with Crippen LogP contribution in [0.2, 0.25) is 0 Å². The highest BCUT2D eigenvalue weighted by Crippen LogP contribution is 2.23. The van der Waals surface area contributed by atoms with E-state index in [2.05, 4.69) is 10.4 Å². The van der Waals surface area contributed by atoms with E-state index in [-0.39, 0.29) is 11.4 Å². The third-order valence-electron chi connectivity index (χ3n) is 5.39. The van der Waals surface area contributed by atoms with E-state index in [9.17, 15) is 13.2 Å². The first-order valence-corrected chi connectivity index (χ1v) is 11.4. The number of benzene rings is 2. The molecule has 3 rings (SSSR count). The topological polar surface area (TPSA) is 84.3 Å². The van der Waals surface area contributed by atoms with Gasteiger partial charge in [0, 0.05) is 7.05 Å². The zero-order valence-electron chi connectivity index (χ0n) is 18.7. The first-order chi connectivity index (χ1) is 14.5. The minimum atomic E-state index is -3.78. The van der Waals surface area contributed by atoms with E-state index >= 15 is 0 Å². The highest BCUT2D eigenvalue weighted by atomic mass is 32.2. The number of carbonyl (C=O) groups excluding carboxylic acids is 1. The summed E-state index contributed by atoms with van der Waals surface area (Å²) in [4.78, 5) is 12.8. The number of rotatable bonds is 6. The second kappa shape index (κ2) is 8.64. The van der Waals surface area contributed by atoms with Crippen LogP contribution in [0, 0.1) is 34.6 Å². The van der Waals surface area contributed by atoms with Crippen LogP contribution in [0.3, 0.4) is 0 Å². The van der Waals surface area contributed by atoms with E-state index < -0.39 is 15.9 Å². The number of aryl methyl sites for hydroxylation is 4. The Morgan fingerprint density at radius 1 is 1.00 bits per heavy atom. The molecule has 1 heterocycles. The molecule has 1 amide bonds. The highest BCUT2D eigenvalue weighted by Gasteiger charge is 2.24. The smallest absolute Gasteiger partial charge is 0.243 e. The molecular formula is C23H28N4O3S. The molecule has 0 unspecified atom stereocenters. The largest absolute Gasteiger partial charge is 0.322 e. The predicted octanol–water partition coefficient (Wildman–Crippen LogP) is 3.67. The standard InChI is InChI=1S/C23H28N4O3S/c1-15-7-10-20(11-8-15)27-19(5)23(18(4)25-27)24-22(28)14-26(6)31(29,30)21-12-9-16(2)17(3)13-21/h7-13H,14H2,1-6H3,(H,24,28). The second-order valence-electron chi connectivity index (χ2n) is 7.85. The van der Waals surface area contributed by atoms with Crippen LogP contribution < -0.4 is 5.32 Å². The summed E-state index contributed by atoms with van der Waals surface area (Å²) in [6, 6.07) is 12.9. The van der Waals surface area contributed by atoms with Crippen molar-refractivity contribution < 1.29 is 13.2 Å². The van der Waals surface area contributed by atoms with Crippen molar-refractivity contribution in [2.45, 2.75) is 39.5 Å². The number of anilines is 1. The lowest BCUT2D eigenvalue weighted by atomic mass is 10.1. The van der Waals surface area contributed by atoms with Crippen LogP contribution in [0.25, 0.3) is 5.69 Å². The monoisotopic (exact) mass is 440 g/mol. The average Bonchev–Trinajstić information content (AvgIpc) is 2.98. The van der Waals surface area contributed by atoms with E-state index in [0.717, 1.165) is 32.4 Å². The first kappa shape index (κ1) is 22.7. The molecule has 1 aromatic heterocycles. The molecule has 0 aliphatic heterocycles. The van der Waals surface area contributed by atoms with Crippen molar-refractivity contribution in [3.8, 4) is 5.69 Å². The normalized spacial score (nSPS) is 11.7. The van der Waals surface area contributed by atoms with Crippen molar-refractivity contribution in [2.24, 2.45) is 0 Å². The molecule has 7 nitrogen and oxygen atoms in total. The molecule has 0 aliphatic rings. The molecule has 31 heavy (non-hydrogen) atoms. The van der Waals surface area contributed by atoms with Gasteiger partial charge in [0.2, 0.25) is 15.9 Å². The predicted molar refractivity (Wildman–Crippen MR) is 122 cm³/mol. The lowest BCUT2D eigenvalue weighted by Crippen LogP contribution is -2.35. The molecule has 164 valence electrons. The SMILES string of the molecule is Cc1ccc(-n2nc(C)c(NC(=O)CN(C)S(=O)(=O)c3ccc(C)c(C)c3)c2C)cc1. The molecule has 0 aliphatic carbocycles. The Hall–Kier alpha value is -2.97. The van der Waals surface area contributed by atoms with Crippen LogP contribution in [0.4, 0.5) is 5.69 Å². The Kier molecular flexibility index (Phi) is 6.33. The summed E-state index contributed by atoms with van der Waals surface area (Å²) in [6.45, 7) is 9.17. The number of hydrogen-bond donors (Lipinski definition) is 1. The van der Waals surface area contributed by atoms with E-state index in [1.54, 1.807) is 22.9 Å². The van der Waals surface area contributed by atoms with Crippen LogP contribution in [-0.2, 0) is 14.8 Å². The molecule has 8 heteroatoms. The van der Waals surface area contributed by atoms with Gasteiger partial charge in [0.05, 0.1) is 34.2 Å². The maximum absolute atomic E-state index is 12.9. The number of likely N-dealkylation sites (N-methyl/N-ethyl adjacent to an activating group) is 1. The van der Waals surface area contributed by atoms with Gasteiger partial charge in [0.25, 0.3) is 0 Å². The van der Waals surface area contributed by atoms with Crippen LogP contribution in [-0.4, -0.2) is 42.0 Å². The van der Waals surface area contributed by atoms with E-state index in [4.69, 9.17) is 0 Å². The molecule has 2 aromatic carbocycles. The lowest BCUT2D eigenvalue weighted by Gasteiger charge is -2.17. The van der Waals surface area contributed by atoms with Crippen molar-refractivity contribution in [1.29, 1.82) is 0 Å². The average molecular weight is 441 g/mol.